The summed E-state index contributed by atoms with van der Waals surface area (Å²) in [6.07, 6.45) is 3.41. The predicted octanol–water partition coefficient (Wildman–Crippen LogP) is 1.38. The summed E-state index contributed by atoms with van der Waals surface area (Å²) in [6, 6.07) is 10.3. The minimum atomic E-state index is -0.342. The normalized spacial score (nSPS) is 13.1. The Kier molecular flexibility index (Phi) is 4.14. The highest BCUT2D eigenvalue weighted by Gasteiger charge is 2.34. The highest BCUT2D eigenvalue weighted by atomic mass is 16.2. The Morgan fingerprint density at radius 3 is 2.35 bits per heavy atom. The monoisotopic (exact) mass is 309 g/mol. The lowest BCUT2D eigenvalue weighted by molar-refractivity contribution is -0.121. The zero-order valence-corrected chi connectivity index (χ0v) is 12.4. The van der Waals surface area contributed by atoms with E-state index in [2.05, 4.69) is 10.3 Å². The first-order valence-corrected chi connectivity index (χ1v) is 7.27. The van der Waals surface area contributed by atoms with Gasteiger partial charge in [-0.15, -0.1) is 0 Å². The number of hydrogen-bond acceptors (Lipinski definition) is 4. The van der Waals surface area contributed by atoms with E-state index in [1.54, 1.807) is 42.7 Å². The van der Waals surface area contributed by atoms with Gasteiger partial charge in [0.25, 0.3) is 11.8 Å². The molecule has 2 heterocycles. The number of fused-ring (bicyclic) bond motifs is 1. The number of nitrogens with zero attached hydrogens (tertiary/aromatic N) is 2. The number of rotatable bonds is 5. The van der Waals surface area contributed by atoms with Gasteiger partial charge in [0, 0.05) is 31.9 Å². The average molecular weight is 309 g/mol. The Hall–Kier alpha value is -3.02. The summed E-state index contributed by atoms with van der Waals surface area (Å²) < 4.78 is 0. The van der Waals surface area contributed by atoms with Crippen LogP contribution < -0.4 is 5.32 Å². The van der Waals surface area contributed by atoms with Crippen LogP contribution in [0.2, 0.25) is 0 Å². The molecule has 2 aromatic rings. The lowest BCUT2D eigenvalue weighted by Gasteiger charge is -2.13. The quantitative estimate of drug-likeness (QED) is 0.846. The van der Waals surface area contributed by atoms with Crippen molar-refractivity contribution in [1.82, 2.24) is 15.2 Å². The molecular formula is C17H15N3O3. The van der Waals surface area contributed by atoms with Gasteiger partial charge in [0.15, 0.2) is 0 Å². The lowest BCUT2D eigenvalue weighted by atomic mass is 10.1. The molecule has 0 bridgehead atoms. The second-order valence-corrected chi connectivity index (χ2v) is 5.20. The number of benzene rings is 1. The first kappa shape index (κ1) is 14.9. The third-order valence-electron chi connectivity index (χ3n) is 3.65. The maximum Gasteiger partial charge on any atom is 0.261 e. The van der Waals surface area contributed by atoms with Gasteiger partial charge in [-0.05, 0) is 23.8 Å². The molecule has 0 spiro atoms. The van der Waals surface area contributed by atoms with Crippen LogP contribution in [0, 0.1) is 0 Å². The van der Waals surface area contributed by atoms with Crippen LogP contribution in [0.1, 0.15) is 32.7 Å². The van der Waals surface area contributed by atoms with Gasteiger partial charge in [-0.3, -0.25) is 24.3 Å². The smallest absolute Gasteiger partial charge is 0.261 e. The van der Waals surface area contributed by atoms with Gasteiger partial charge < -0.3 is 5.32 Å². The van der Waals surface area contributed by atoms with Crippen molar-refractivity contribution in [3.8, 4) is 0 Å². The number of aromatic nitrogens is 1. The van der Waals surface area contributed by atoms with Crippen LogP contribution >= 0.6 is 0 Å². The Morgan fingerprint density at radius 2 is 1.74 bits per heavy atom. The zero-order chi connectivity index (χ0) is 16.2. The van der Waals surface area contributed by atoms with Crippen LogP contribution in [0.25, 0.3) is 0 Å². The number of pyridine rings is 1. The molecule has 116 valence electrons. The van der Waals surface area contributed by atoms with E-state index < -0.39 is 0 Å². The van der Waals surface area contributed by atoms with Crippen LogP contribution in [-0.2, 0) is 11.3 Å². The van der Waals surface area contributed by atoms with E-state index in [0.717, 1.165) is 10.5 Å². The van der Waals surface area contributed by atoms with Crippen LogP contribution in [0.4, 0.5) is 0 Å². The third kappa shape index (κ3) is 3.11. The molecule has 1 aliphatic rings. The van der Waals surface area contributed by atoms with Crippen molar-refractivity contribution in [2.75, 3.05) is 6.54 Å². The number of carbonyl (C=O) groups is 3. The minimum absolute atomic E-state index is 0.0746. The van der Waals surface area contributed by atoms with Crippen molar-refractivity contribution >= 4 is 17.7 Å². The number of nitrogens with one attached hydrogen (secondary N) is 1. The molecule has 1 aromatic heterocycles. The molecule has 1 aliphatic heterocycles. The Balaban J connectivity index is 1.54. The first-order valence-electron chi connectivity index (χ1n) is 7.27. The topological polar surface area (TPSA) is 79.4 Å². The minimum Gasteiger partial charge on any atom is -0.352 e. The Morgan fingerprint density at radius 1 is 1.04 bits per heavy atom. The van der Waals surface area contributed by atoms with Gasteiger partial charge in [0.05, 0.1) is 11.1 Å². The largest absolute Gasteiger partial charge is 0.352 e. The number of amides is 3. The highest BCUT2D eigenvalue weighted by molar-refractivity contribution is 6.21. The molecule has 0 aliphatic carbocycles. The highest BCUT2D eigenvalue weighted by Crippen LogP contribution is 2.22. The summed E-state index contributed by atoms with van der Waals surface area (Å²) in [5, 5.41) is 2.75. The lowest BCUT2D eigenvalue weighted by Crippen LogP contribution is -2.34. The van der Waals surface area contributed by atoms with E-state index in [1.807, 2.05) is 6.07 Å². The van der Waals surface area contributed by atoms with Crippen molar-refractivity contribution in [2.24, 2.45) is 0 Å². The summed E-state index contributed by atoms with van der Waals surface area (Å²) in [5.41, 5.74) is 1.68. The summed E-state index contributed by atoms with van der Waals surface area (Å²) >= 11 is 0. The standard InChI is InChI=1S/C17H15N3O3/c21-15(19-11-12-4-3-8-18-10-12)7-9-20-16(22)13-5-1-2-6-14(13)17(20)23/h1-6,8,10H,7,9,11H2,(H,19,21). The number of hydrogen-bond donors (Lipinski definition) is 1. The van der Waals surface area contributed by atoms with Crippen molar-refractivity contribution in [2.45, 2.75) is 13.0 Å². The molecule has 23 heavy (non-hydrogen) atoms. The van der Waals surface area contributed by atoms with Crippen LogP contribution in [0.3, 0.4) is 0 Å². The van der Waals surface area contributed by atoms with Crippen LogP contribution in [-0.4, -0.2) is 34.2 Å². The molecule has 3 rings (SSSR count). The van der Waals surface area contributed by atoms with Gasteiger partial charge in [0.1, 0.15) is 0 Å². The van der Waals surface area contributed by atoms with Crippen molar-refractivity contribution in [3.05, 3.63) is 65.5 Å². The summed E-state index contributed by atoms with van der Waals surface area (Å²) in [6.45, 7) is 0.444. The molecule has 0 fully saturated rings. The first-order chi connectivity index (χ1) is 11.2. The van der Waals surface area contributed by atoms with Gasteiger partial charge in [-0.1, -0.05) is 18.2 Å². The van der Waals surface area contributed by atoms with Crippen molar-refractivity contribution < 1.29 is 14.4 Å². The van der Waals surface area contributed by atoms with E-state index in [4.69, 9.17) is 0 Å². The fourth-order valence-electron chi connectivity index (χ4n) is 2.45. The molecule has 3 amide bonds. The Bertz CT molecular complexity index is 724. The molecule has 0 saturated carbocycles. The molecule has 0 saturated heterocycles. The van der Waals surface area contributed by atoms with E-state index >= 15 is 0 Å². The zero-order valence-electron chi connectivity index (χ0n) is 12.4. The molecule has 1 aromatic carbocycles. The fourth-order valence-corrected chi connectivity index (χ4v) is 2.45. The van der Waals surface area contributed by atoms with Gasteiger partial charge in [-0.2, -0.15) is 0 Å². The van der Waals surface area contributed by atoms with Crippen LogP contribution in [0.15, 0.2) is 48.8 Å². The fraction of sp³-hybridized carbons (Fsp3) is 0.176. The molecular weight excluding hydrogens is 294 g/mol. The second kappa shape index (κ2) is 6.39. The van der Waals surface area contributed by atoms with Gasteiger partial charge >= 0.3 is 0 Å². The molecule has 0 unspecified atom stereocenters. The number of imide groups is 1. The van der Waals surface area contributed by atoms with Crippen LogP contribution in [0.5, 0.6) is 0 Å². The molecule has 0 atom stereocenters. The average Bonchev–Trinajstić information content (AvgIpc) is 2.83. The SMILES string of the molecule is O=C(CCN1C(=O)c2ccccc2C1=O)NCc1cccnc1. The molecule has 1 N–H and O–H groups in total. The summed E-state index contributed by atoms with van der Waals surface area (Å²) in [5.74, 6) is -0.901. The second-order valence-electron chi connectivity index (χ2n) is 5.20. The third-order valence-corrected chi connectivity index (χ3v) is 3.65. The maximum atomic E-state index is 12.2. The van der Waals surface area contributed by atoms with E-state index in [9.17, 15) is 14.4 Å². The molecule has 6 nitrogen and oxygen atoms in total. The molecule has 0 radical (unpaired) electrons. The molecule has 6 heteroatoms. The summed E-state index contributed by atoms with van der Waals surface area (Å²) in [7, 11) is 0. The number of carbonyl (C=O) groups excluding carboxylic acids is 3. The van der Waals surface area contributed by atoms with E-state index in [-0.39, 0.29) is 30.7 Å². The van der Waals surface area contributed by atoms with Crippen molar-refractivity contribution in [3.63, 3.8) is 0 Å². The van der Waals surface area contributed by atoms with E-state index in [0.29, 0.717) is 17.7 Å². The van der Waals surface area contributed by atoms with E-state index in [1.165, 1.54) is 0 Å². The van der Waals surface area contributed by atoms with Gasteiger partial charge in [0.2, 0.25) is 5.91 Å². The predicted molar refractivity (Wildman–Crippen MR) is 82.5 cm³/mol. The van der Waals surface area contributed by atoms with Gasteiger partial charge in [-0.25, -0.2) is 0 Å². The summed E-state index contributed by atoms with van der Waals surface area (Å²) in [4.78, 5) is 41.3. The van der Waals surface area contributed by atoms with Crippen molar-refractivity contribution in [1.29, 1.82) is 0 Å². The maximum absolute atomic E-state index is 12.2. The Labute approximate surface area is 133 Å².